The first-order valence-electron chi connectivity index (χ1n) is 15.2. The van der Waals surface area contributed by atoms with Crippen molar-refractivity contribution in [3.05, 3.63) is 82.9 Å². The van der Waals surface area contributed by atoms with Crippen molar-refractivity contribution in [2.75, 3.05) is 32.8 Å². The second-order valence-electron chi connectivity index (χ2n) is 12.6. The SMILES string of the molecule is Cc1cccc2c1OC(c1ccc(OCCCN3CCCCC3)cc1)C1=C2COc2cc(OC(=O)C(C)(C)C)ccc21. The topological polar surface area (TPSA) is 57.2 Å². The molecule has 0 bridgehead atoms. The first-order valence-corrected chi connectivity index (χ1v) is 15.2. The Hall–Kier alpha value is -3.77. The van der Waals surface area contributed by atoms with Crippen LogP contribution in [0, 0.1) is 12.3 Å². The van der Waals surface area contributed by atoms with Gasteiger partial charge in [-0.1, -0.05) is 36.8 Å². The van der Waals surface area contributed by atoms with E-state index in [1.165, 1.54) is 32.4 Å². The second-order valence-corrected chi connectivity index (χ2v) is 12.6. The Balaban J connectivity index is 1.25. The predicted molar refractivity (Wildman–Crippen MR) is 165 cm³/mol. The molecule has 0 N–H and O–H groups in total. The van der Waals surface area contributed by atoms with E-state index in [4.69, 9.17) is 18.9 Å². The number of benzene rings is 3. The maximum absolute atomic E-state index is 12.5. The maximum Gasteiger partial charge on any atom is 0.316 e. The van der Waals surface area contributed by atoms with Gasteiger partial charge >= 0.3 is 5.97 Å². The van der Waals surface area contributed by atoms with Crippen LogP contribution in [-0.4, -0.2) is 43.7 Å². The summed E-state index contributed by atoms with van der Waals surface area (Å²) in [6, 6.07) is 20.2. The molecule has 220 valence electrons. The molecule has 3 heterocycles. The Morgan fingerprint density at radius 1 is 0.952 bits per heavy atom. The van der Waals surface area contributed by atoms with Gasteiger partial charge in [-0.05, 0) is 95.4 Å². The zero-order valence-electron chi connectivity index (χ0n) is 25.2. The van der Waals surface area contributed by atoms with Gasteiger partial charge in [0.2, 0.25) is 0 Å². The van der Waals surface area contributed by atoms with Crippen LogP contribution in [0.1, 0.15) is 74.8 Å². The molecule has 42 heavy (non-hydrogen) atoms. The van der Waals surface area contributed by atoms with Crippen molar-refractivity contribution < 1.29 is 23.7 Å². The van der Waals surface area contributed by atoms with Crippen LogP contribution in [-0.2, 0) is 4.79 Å². The standard InChI is InChI=1S/C36H41NO5/c1-24-10-8-11-28-30-23-40-31-22-27(41-35(38)36(2,3)4)16-17-29(31)32(30)34(42-33(24)28)25-12-14-26(15-13-25)39-21-9-20-37-18-6-5-7-19-37/h8,10-17,22,34H,5-7,9,18-21,23H2,1-4H3. The van der Waals surface area contributed by atoms with E-state index in [9.17, 15) is 4.79 Å². The Kier molecular flexibility index (Phi) is 8.00. The van der Waals surface area contributed by atoms with E-state index in [1.807, 2.05) is 51.1 Å². The molecule has 0 saturated carbocycles. The summed E-state index contributed by atoms with van der Waals surface area (Å²) in [6.45, 7) is 12.3. The van der Waals surface area contributed by atoms with Gasteiger partial charge in [0, 0.05) is 34.9 Å². The van der Waals surface area contributed by atoms with Crippen molar-refractivity contribution >= 4 is 17.1 Å². The fourth-order valence-electron chi connectivity index (χ4n) is 5.94. The maximum atomic E-state index is 12.5. The molecule has 6 rings (SSSR count). The van der Waals surface area contributed by atoms with Crippen LogP contribution in [0.5, 0.6) is 23.0 Å². The lowest BCUT2D eigenvalue weighted by molar-refractivity contribution is -0.143. The quantitative estimate of drug-likeness (QED) is 0.166. The highest BCUT2D eigenvalue weighted by molar-refractivity contribution is 5.99. The fraction of sp³-hybridized carbons (Fsp3) is 0.417. The molecule has 6 nitrogen and oxygen atoms in total. The number of hydrogen-bond acceptors (Lipinski definition) is 6. The lowest BCUT2D eigenvalue weighted by Crippen LogP contribution is -2.31. The molecular weight excluding hydrogens is 526 g/mol. The van der Waals surface area contributed by atoms with Crippen molar-refractivity contribution in [2.45, 2.75) is 59.5 Å². The number of esters is 1. The number of carbonyl (C=O) groups is 1. The number of ether oxygens (including phenoxy) is 4. The van der Waals surface area contributed by atoms with Gasteiger partial charge in [-0.25, -0.2) is 0 Å². The zero-order chi connectivity index (χ0) is 29.3. The number of para-hydroxylation sites is 1. The van der Waals surface area contributed by atoms with E-state index in [0.29, 0.717) is 24.7 Å². The van der Waals surface area contributed by atoms with Crippen molar-refractivity contribution in [3.63, 3.8) is 0 Å². The number of fused-ring (bicyclic) bond motifs is 4. The van der Waals surface area contributed by atoms with Gasteiger partial charge in [-0.15, -0.1) is 0 Å². The number of rotatable bonds is 7. The number of carbonyl (C=O) groups excluding carboxylic acids is 1. The molecule has 3 aromatic rings. The van der Waals surface area contributed by atoms with Crippen LogP contribution in [0.25, 0.3) is 11.1 Å². The van der Waals surface area contributed by atoms with Crippen LogP contribution in [0.4, 0.5) is 0 Å². The molecule has 1 unspecified atom stereocenters. The molecule has 0 radical (unpaired) electrons. The van der Waals surface area contributed by atoms with E-state index in [2.05, 4.69) is 42.2 Å². The molecule has 0 aromatic heterocycles. The number of hydrogen-bond donors (Lipinski definition) is 0. The minimum atomic E-state index is -0.598. The molecule has 3 aliphatic rings. The summed E-state index contributed by atoms with van der Waals surface area (Å²) in [5.74, 6) is 2.64. The van der Waals surface area contributed by atoms with Crippen LogP contribution in [0.3, 0.4) is 0 Å². The number of nitrogens with zero attached hydrogens (tertiary/aromatic N) is 1. The third-order valence-electron chi connectivity index (χ3n) is 8.32. The predicted octanol–water partition coefficient (Wildman–Crippen LogP) is 7.64. The first-order chi connectivity index (χ1) is 20.3. The third kappa shape index (κ3) is 5.91. The van der Waals surface area contributed by atoms with E-state index >= 15 is 0 Å². The Morgan fingerprint density at radius 3 is 2.48 bits per heavy atom. The van der Waals surface area contributed by atoms with Crippen molar-refractivity contribution in [3.8, 4) is 23.0 Å². The third-order valence-corrected chi connectivity index (χ3v) is 8.32. The lowest BCUT2D eigenvalue weighted by atomic mass is 9.83. The summed E-state index contributed by atoms with van der Waals surface area (Å²) in [6.07, 6.45) is 4.71. The average Bonchev–Trinajstić information content (AvgIpc) is 2.99. The van der Waals surface area contributed by atoms with Gasteiger partial charge < -0.3 is 23.8 Å². The van der Waals surface area contributed by atoms with Gasteiger partial charge in [0.15, 0.2) is 6.10 Å². The van der Waals surface area contributed by atoms with E-state index in [-0.39, 0.29) is 12.1 Å². The molecule has 0 aliphatic carbocycles. The summed E-state index contributed by atoms with van der Waals surface area (Å²) in [5.41, 5.74) is 5.75. The Labute approximate surface area is 249 Å². The molecule has 0 amide bonds. The average molecular weight is 568 g/mol. The molecular formula is C36H41NO5. The summed E-state index contributed by atoms with van der Waals surface area (Å²) >= 11 is 0. The normalized spacial score (nSPS) is 18.2. The Morgan fingerprint density at radius 2 is 1.71 bits per heavy atom. The Bertz CT molecular complexity index is 1480. The number of aryl methyl sites for hydroxylation is 1. The molecule has 3 aliphatic heterocycles. The highest BCUT2D eigenvalue weighted by Crippen LogP contribution is 2.52. The van der Waals surface area contributed by atoms with Gasteiger partial charge in [0.25, 0.3) is 0 Å². The zero-order valence-corrected chi connectivity index (χ0v) is 25.2. The van der Waals surface area contributed by atoms with E-state index < -0.39 is 5.41 Å². The molecule has 3 aromatic carbocycles. The molecule has 1 saturated heterocycles. The summed E-state index contributed by atoms with van der Waals surface area (Å²) in [4.78, 5) is 15.1. The van der Waals surface area contributed by atoms with E-state index in [1.54, 1.807) is 0 Å². The highest BCUT2D eigenvalue weighted by Gasteiger charge is 2.36. The van der Waals surface area contributed by atoms with Crippen LogP contribution in [0.2, 0.25) is 0 Å². The smallest absolute Gasteiger partial charge is 0.316 e. The van der Waals surface area contributed by atoms with Gasteiger partial charge in [0.1, 0.15) is 29.6 Å². The molecule has 0 spiro atoms. The van der Waals surface area contributed by atoms with Crippen molar-refractivity contribution in [2.24, 2.45) is 5.41 Å². The lowest BCUT2D eigenvalue weighted by Gasteiger charge is -2.36. The first kappa shape index (κ1) is 28.4. The number of likely N-dealkylation sites (tertiary alicyclic amines) is 1. The molecule has 1 atom stereocenters. The monoisotopic (exact) mass is 567 g/mol. The molecule has 1 fully saturated rings. The van der Waals surface area contributed by atoms with Crippen LogP contribution < -0.4 is 18.9 Å². The summed E-state index contributed by atoms with van der Waals surface area (Å²) in [7, 11) is 0. The highest BCUT2D eigenvalue weighted by atomic mass is 16.5. The van der Waals surface area contributed by atoms with Crippen LogP contribution >= 0.6 is 0 Å². The van der Waals surface area contributed by atoms with Crippen LogP contribution in [0.15, 0.2) is 60.7 Å². The fourth-order valence-corrected chi connectivity index (χ4v) is 5.94. The van der Waals surface area contributed by atoms with Crippen molar-refractivity contribution in [1.82, 2.24) is 4.90 Å². The van der Waals surface area contributed by atoms with Gasteiger partial charge in [-0.2, -0.15) is 0 Å². The minimum absolute atomic E-state index is 0.282. The number of piperidine rings is 1. The molecule has 6 heteroatoms. The summed E-state index contributed by atoms with van der Waals surface area (Å²) < 4.78 is 24.8. The van der Waals surface area contributed by atoms with E-state index in [0.717, 1.165) is 57.9 Å². The van der Waals surface area contributed by atoms with Gasteiger partial charge in [-0.3, -0.25) is 4.79 Å². The minimum Gasteiger partial charge on any atom is -0.494 e. The second kappa shape index (κ2) is 11.8. The van der Waals surface area contributed by atoms with Crippen molar-refractivity contribution in [1.29, 1.82) is 0 Å². The largest absolute Gasteiger partial charge is 0.494 e. The summed E-state index contributed by atoms with van der Waals surface area (Å²) in [5, 5.41) is 0. The van der Waals surface area contributed by atoms with Gasteiger partial charge in [0.05, 0.1) is 12.0 Å².